The number of carbonyl (C=O) groups excluding carboxylic acids is 4. The number of hydrogen-bond donors (Lipinski definition) is 7. The Bertz CT molecular complexity index is 1350. The third-order valence-electron chi connectivity index (χ3n) is 7.64. The van der Waals surface area contributed by atoms with Gasteiger partial charge in [-0.1, -0.05) is 24.3 Å². The molecule has 0 saturated carbocycles. The molecule has 46 heavy (non-hydrogen) atoms. The van der Waals surface area contributed by atoms with E-state index in [0.29, 0.717) is 44.2 Å². The predicted molar refractivity (Wildman–Crippen MR) is 169 cm³/mol. The Labute approximate surface area is 267 Å². The van der Waals surface area contributed by atoms with E-state index in [1.807, 2.05) is 0 Å². The van der Waals surface area contributed by atoms with Crippen LogP contribution in [0.1, 0.15) is 50.2 Å². The van der Waals surface area contributed by atoms with Gasteiger partial charge in [-0.05, 0) is 73.9 Å². The van der Waals surface area contributed by atoms with Gasteiger partial charge in [0.2, 0.25) is 11.8 Å². The molecule has 9 N–H and O–H groups in total. The summed E-state index contributed by atoms with van der Waals surface area (Å²) in [7, 11) is 0. The highest BCUT2D eigenvalue weighted by Gasteiger charge is 2.39. The number of aliphatic imine (C=N–C) groups is 1. The number of amides is 3. The summed E-state index contributed by atoms with van der Waals surface area (Å²) in [5.41, 5.74) is 12.1. The Morgan fingerprint density at radius 3 is 2.20 bits per heavy atom. The van der Waals surface area contributed by atoms with Crippen LogP contribution in [0, 0.1) is 0 Å². The number of nitrogens with two attached hydrogens (primary N) is 2. The fraction of sp³-hybridized carbons (Fsp3) is 0.469. The molecule has 0 spiro atoms. The van der Waals surface area contributed by atoms with Crippen molar-refractivity contribution in [2.45, 2.75) is 76.1 Å². The summed E-state index contributed by atoms with van der Waals surface area (Å²) < 4.78 is 5.32. The molecule has 14 heteroatoms. The minimum absolute atomic E-state index is 0.00500. The van der Waals surface area contributed by atoms with E-state index in [1.165, 1.54) is 36.1 Å². The molecular formula is C32H44N6O8. The first kappa shape index (κ1) is 35.6. The van der Waals surface area contributed by atoms with Crippen LogP contribution in [0.15, 0.2) is 53.5 Å². The minimum atomic E-state index is -1.26. The number of ether oxygens (including phenoxy) is 1. The number of rotatable bonds is 16. The first-order valence-electron chi connectivity index (χ1n) is 15.3. The van der Waals surface area contributed by atoms with Crippen LogP contribution in [0.5, 0.6) is 11.5 Å². The molecule has 250 valence electrons. The lowest BCUT2D eigenvalue weighted by atomic mass is 10.0. The number of aliphatic hydroxyl groups excluding tert-OH is 1. The van der Waals surface area contributed by atoms with Gasteiger partial charge in [-0.25, -0.2) is 0 Å². The van der Waals surface area contributed by atoms with Crippen molar-refractivity contribution >= 4 is 29.7 Å². The predicted octanol–water partition coefficient (Wildman–Crippen LogP) is 0.211. The summed E-state index contributed by atoms with van der Waals surface area (Å²) in [6.45, 7) is 1.50. The number of esters is 1. The highest BCUT2D eigenvalue weighted by Crippen LogP contribution is 2.21. The monoisotopic (exact) mass is 640 g/mol. The molecular weight excluding hydrogens is 596 g/mol. The standard InChI is InChI=1S/C32H44N6O8/c1-20(40)46-28(18-22-8-13-25(42)14-9-22)30(44)37-26(15-10-21-6-11-24(41)12-7-21)31(45)38-17-3-5-27(38)29(43)36-23(19-39)4-2-16-35-32(33)34/h6-9,11-14,23,26-28,39,41-42H,2-5,10,15-19H2,1H3,(H,36,43)(H,37,44)(H4,33,34,35)/t23-,26+,27+,28-/m0/s1. The Balaban J connectivity index is 1.77. The van der Waals surface area contributed by atoms with Gasteiger partial charge in [-0.2, -0.15) is 0 Å². The van der Waals surface area contributed by atoms with Gasteiger partial charge in [0.15, 0.2) is 12.1 Å². The van der Waals surface area contributed by atoms with E-state index in [4.69, 9.17) is 16.2 Å². The van der Waals surface area contributed by atoms with Crippen LogP contribution in [0.25, 0.3) is 0 Å². The van der Waals surface area contributed by atoms with E-state index in [9.17, 15) is 34.5 Å². The van der Waals surface area contributed by atoms with Gasteiger partial charge in [-0.15, -0.1) is 0 Å². The van der Waals surface area contributed by atoms with Crippen molar-refractivity contribution in [3.05, 3.63) is 59.7 Å². The van der Waals surface area contributed by atoms with Crippen LogP contribution < -0.4 is 22.1 Å². The van der Waals surface area contributed by atoms with Gasteiger partial charge < -0.3 is 47.1 Å². The van der Waals surface area contributed by atoms with Gasteiger partial charge in [-0.3, -0.25) is 24.2 Å². The zero-order valence-electron chi connectivity index (χ0n) is 25.9. The topological polar surface area (TPSA) is 230 Å². The lowest BCUT2D eigenvalue weighted by molar-refractivity contribution is -0.154. The number of aromatic hydroxyl groups is 2. The largest absolute Gasteiger partial charge is 0.508 e. The van der Waals surface area contributed by atoms with E-state index >= 15 is 0 Å². The molecule has 3 rings (SSSR count). The summed E-state index contributed by atoms with van der Waals surface area (Å²) in [4.78, 5) is 58.1. The van der Waals surface area contributed by atoms with Crippen LogP contribution in [-0.2, 0) is 36.8 Å². The number of guanidine groups is 1. The molecule has 1 aliphatic heterocycles. The summed E-state index contributed by atoms with van der Waals surface area (Å²) in [5.74, 6) is -2.17. The third-order valence-corrected chi connectivity index (χ3v) is 7.64. The normalized spacial score (nSPS) is 16.1. The molecule has 0 aromatic heterocycles. The number of nitrogens with one attached hydrogen (secondary N) is 2. The van der Waals surface area contributed by atoms with Crippen molar-refractivity contribution in [2.75, 3.05) is 19.7 Å². The Kier molecular flexibility index (Phi) is 13.6. The average Bonchev–Trinajstić information content (AvgIpc) is 3.52. The molecule has 0 bridgehead atoms. The van der Waals surface area contributed by atoms with Crippen LogP contribution in [0.3, 0.4) is 0 Å². The molecule has 14 nitrogen and oxygen atoms in total. The maximum absolute atomic E-state index is 14.0. The van der Waals surface area contributed by atoms with E-state index in [1.54, 1.807) is 24.3 Å². The quantitative estimate of drug-likeness (QED) is 0.0571. The van der Waals surface area contributed by atoms with E-state index < -0.39 is 47.9 Å². The summed E-state index contributed by atoms with van der Waals surface area (Å²) in [6.07, 6.45) is 1.18. The van der Waals surface area contributed by atoms with Crippen molar-refractivity contribution in [2.24, 2.45) is 16.5 Å². The Morgan fingerprint density at radius 1 is 0.978 bits per heavy atom. The second kappa shape index (κ2) is 17.6. The van der Waals surface area contributed by atoms with Gasteiger partial charge in [0, 0.05) is 26.4 Å². The van der Waals surface area contributed by atoms with Crippen molar-refractivity contribution in [3.8, 4) is 11.5 Å². The molecule has 2 aromatic carbocycles. The van der Waals surface area contributed by atoms with Crippen molar-refractivity contribution in [1.29, 1.82) is 0 Å². The number of phenols is 2. The van der Waals surface area contributed by atoms with Crippen LogP contribution >= 0.6 is 0 Å². The number of likely N-dealkylation sites (tertiary alicyclic amines) is 1. The molecule has 4 atom stereocenters. The lowest BCUT2D eigenvalue weighted by Gasteiger charge is -2.30. The smallest absolute Gasteiger partial charge is 0.303 e. The number of benzene rings is 2. The Morgan fingerprint density at radius 2 is 1.61 bits per heavy atom. The molecule has 0 radical (unpaired) electrons. The number of carbonyl (C=O) groups is 4. The third kappa shape index (κ3) is 11.3. The summed E-state index contributed by atoms with van der Waals surface area (Å²) in [5, 5.41) is 34.7. The van der Waals surface area contributed by atoms with Crippen LogP contribution in [0.4, 0.5) is 0 Å². The average molecular weight is 641 g/mol. The number of aryl methyl sites for hydroxylation is 1. The number of aliphatic hydroxyl groups is 1. The van der Waals surface area contributed by atoms with E-state index in [-0.39, 0.29) is 43.5 Å². The molecule has 1 heterocycles. The first-order chi connectivity index (χ1) is 22.0. The molecule has 3 amide bonds. The van der Waals surface area contributed by atoms with Crippen molar-refractivity contribution in [3.63, 3.8) is 0 Å². The minimum Gasteiger partial charge on any atom is -0.508 e. The molecule has 2 aromatic rings. The van der Waals surface area contributed by atoms with Gasteiger partial charge in [0.05, 0.1) is 12.6 Å². The molecule has 1 fully saturated rings. The SMILES string of the molecule is CC(=O)O[C@@H](Cc1ccc(O)cc1)C(=O)N[C@H](CCc1ccc(O)cc1)C(=O)N1CCC[C@@H]1C(=O)N[C@H](CO)CCCN=C(N)N. The first-order valence-corrected chi connectivity index (χ1v) is 15.3. The van der Waals surface area contributed by atoms with Crippen molar-refractivity contribution < 1.29 is 39.2 Å². The Hall–Kier alpha value is -4.85. The zero-order chi connectivity index (χ0) is 33.6. The van der Waals surface area contributed by atoms with Crippen molar-refractivity contribution in [1.82, 2.24) is 15.5 Å². The van der Waals surface area contributed by atoms with Gasteiger partial charge in [0.1, 0.15) is 23.6 Å². The second-order valence-electron chi connectivity index (χ2n) is 11.3. The fourth-order valence-electron chi connectivity index (χ4n) is 5.29. The zero-order valence-corrected chi connectivity index (χ0v) is 25.9. The maximum Gasteiger partial charge on any atom is 0.303 e. The van der Waals surface area contributed by atoms with E-state index in [0.717, 1.165) is 5.56 Å². The van der Waals surface area contributed by atoms with Gasteiger partial charge in [0.25, 0.3) is 5.91 Å². The van der Waals surface area contributed by atoms with Crippen LogP contribution in [0.2, 0.25) is 0 Å². The summed E-state index contributed by atoms with van der Waals surface area (Å²) in [6, 6.07) is 10.1. The molecule has 0 aliphatic carbocycles. The fourth-order valence-corrected chi connectivity index (χ4v) is 5.29. The van der Waals surface area contributed by atoms with Gasteiger partial charge >= 0.3 is 5.97 Å². The maximum atomic E-state index is 14.0. The highest BCUT2D eigenvalue weighted by atomic mass is 16.5. The highest BCUT2D eigenvalue weighted by molar-refractivity contribution is 5.94. The molecule has 1 saturated heterocycles. The molecule has 1 aliphatic rings. The second-order valence-corrected chi connectivity index (χ2v) is 11.3. The molecule has 0 unspecified atom stereocenters. The summed E-state index contributed by atoms with van der Waals surface area (Å²) >= 11 is 0. The van der Waals surface area contributed by atoms with Crippen LogP contribution in [-0.4, -0.2) is 93.8 Å². The van der Waals surface area contributed by atoms with E-state index in [2.05, 4.69) is 15.6 Å². The lowest BCUT2D eigenvalue weighted by Crippen LogP contribution is -2.56. The number of phenolic OH excluding ortho intramolecular Hbond substituents is 2. The number of hydrogen-bond acceptors (Lipinski definition) is 9. The number of nitrogens with zero attached hydrogens (tertiary/aromatic N) is 2.